The molecule has 0 N–H and O–H groups in total. The Labute approximate surface area is 169 Å². The van der Waals surface area contributed by atoms with Gasteiger partial charge in [0.05, 0.1) is 17.6 Å². The summed E-state index contributed by atoms with van der Waals surface area (Å²) in [5.74, 6) is 1.12. The quantitative estimate of drug-likeness (QED) is 0.609. The number of aromatic nitrogens is 1. The molecular weight excluding hydrogens is 370 g/mol. The van der Waals surface area contributed by atoms with Gasteiger partial charge in [0.1, 0.15) is 0 Å². The minimum Gasteiger partial charge on any atom is -0.463 e. The molecule has 146 valence electrons. The van der Waals surface area contributed by atoms with Crippen LogP contribution in [-0.4, -0.2) is 28.5 Å². The lowest BCUT2D eigenvalue weighted by atomic mass is 10.1. The monoisotopic (exact) mass is 395 g/mol. The maximum atomic E-state index is 11.9. The molecule has 2 aromatic heterocycles. The first-order chi connectivity index (χ1) is 13.6. The minimum absolute atomic E-state index is 0.280. The van der Waals surface area contributed by atoms with Crippen LogP contribution in [0.4, 0.5) is 5.69 Å². The number of para-hydroxylation sites is 1. The molecule has 1 saturated heterocycles. The molecule has 0 bridgehead atoms. The second kappa shape index (κ2) is 8.19. The maximum Gasteiger partial charge on any atom is 0.222 e. The van der Waals surface area contributed by atoms with Crippen molar-refractivity contribution >= 4 is 22.9 Å². The number of benzene rings is 1. The fourth-order valence-corrected chi connectivity index (χ4v) is 4.62. The zero-order valence-corrected chi connectivity index (χ0v) is 17.2. The van der Waals surface area contributed by atoms with Gasteiger partial charge in [-0.15, -0.1) is 11.3 Å². The van der Waals surface area contributed by atoms with E-state index in [9.17, 15) is 4.79 Å². The summed E-state index contributed by atoms with van der Waals surface area (Å²) in [5, 5.41) is 2.10. The molecule has 0 saturated carbocycles. The molecule has 0 unspecified atom stereocenters. The van der Waals surface area contributed by atoms with Crippen LogP contribution in [0.25, 0.3) is 11.5 Å². The van der Waals surface area contributed by atoms with E-state index >= 15 is 0 Å². The Morgan fingerprint density at radius 2 is 1.96 bits per heavy atom. The van der Waals surface area contributed by atoms with Crippen LogP contribution >= 0.6 is 11.3 Å². The number of hydrogen-bond acceptors (Lipinski definition) is 4. The topological polar surface area (TPSA) is 50.7 Å². The summed E-state index contributed by atoms with van der Waals surface area (Å²) in [6, 6.07) is 10.1. The Bertz CT molecular complexity index is 1010. The van der Waals surface area contributed by atoms with Crippen LogP contribution in [0.1, 0.15) is 30.4 Å². The van der Waals surface area contributed by atoms with Crippen LogP contribution in [0.5, 0.6) is 0 Å². The van der Waals surface area contributed by atoms with E-state index in [2.05, 4.69) is 42.0 Å². The SMILES string of the molecule is Cc1cccc(C)c1N=c1scc(-c2ccco2)n1CCCN1CCCC1=O. The second-order valence-corrected chi connectivity index (χ2v) is 8.06. The van der Waals surface area contributed by atoms with Gasteiger partial charge in [-0.05, 0) is 49.9 Å². The first-order valence-electron chi connectivity index (χ1n) is 9.74. The van der Waals surface area contributed by atoms with E-state index in [4.69, 9.17) is 9.41 Å². The molecule has 3 heterocycles. The molecule has 0 atom stereocenters. The van der Waals surface area contributed by atoms with Crippen LogP contribution in [-0.2, 0) is 11.3 Å². The van der Waals surface area contributed by atoms with E-state index < -0.39 is 0 Å². The van der Waals surface area contributed by atoms with Crippen molar-refractivity contribution in [3.63, 3.8) is 0 Å². The fraction of sp³-hybridized carbons (Fsp3) is 0.364. The number of nitrogens with zero attached hydrogens (tertiary/aromatic N) is 3. The van der Waals surface area contributed by atoms with Crippen molar-refractivity contribution in [3.05, 3.63) is 57.9 Å². The van der Waals surface area contributed by atoms with Crippen LogP contribution in [0.2, 0.25) is 0 Å². The molecule has 1 aliphatic rings. The number of carbonyl (C=O) groups is 1. The molecule has 5 nitrogen and oxygen atoms in total. The summed E-state index contributed by atoms with van der Waals surface area (Å²) in [4.78, 5) is 19.8. The Kier molecular flexibility index (Phi) is 5.48. The van der Waals surface area contributed by atoms with Gasteiger partial charge in [0.25, 0.3) is 0 Å². The van der Waals surface area contributed by atoms with Gasteiger partial charge >= 0.3 is 0 Å². The molecule has 3 aromatic rings. The fourth-order valence-electron chi connectivity index (χ4n) is 3.69. The van der Waals surface area contributed by atoms with Gasteiger partial charge < -0.3 is 13.9 Å². The average Bonchev–Trinajstić information content (AvgIpc) is 3.41. The van der Waals surface area contributed by atoms with E-state index in [1.54, 1.807) is 17.6 Å². The first-order valence-corrected chi connectivity index (χ1v) is 10.6. The number of furan rings is 1. The molecule has 28 heavy (non-hydrogen) atoms. The van der Waals surface area contributed by atoms with Gasteiger partial charge in [-0.3, -0.25) is 4.79 Å². The normalized spacial score (nSPS) is 15.0. The van der Waals surface area contributed by atoms with Crippen molar-refractivity contribution in [3.8, 4) is 11.5 Å². The lowest BCUT2D eigenvalue weighted by Crippen LogP contribution is -2.27. The molecule has 6 heteroatoms. The molecular formula is C22H25N3O2S. The average molecular weight is 396 g/mol. The number of carbonyl (C=O) groups excluding carboxylic acids is 1. The number of hydrogen-bond donors (Lipinski definition) is 0. The van der Waals surface area contributed by atoms with Crippen molar-refractivity contribution in [2.24, 2.45) is 4.99 Å². The molecule has 0 spiro atoms. The Morgan fingerprint density at radius 1 is 1.14 bits per heavy atom. The molecule has 0 aliphatic carbocycles. The van der Waals surface area contributed by atoms with Gasteiger partial charge in [-0.25, -0.2) is 4.99 Å². The van der Waals surface area contributed by atoms with Crippen molar-refractivity contribution in [2.75, 3.05) is 13.1 Å². The minimum atomic E-state index is 0.280. The highest BCUT2D eigenvalue weighted by atomic mass is 32.1. The molecule has 4 rings (SSSR count). The number of aryl methyl sites for hydroxylation is 2. The zero-order chi connectivity index (χ0) is 19.5. The van der Waals surface area contributed by atoms with Crippen molar-refractivity contribution in [2.45, 2.75) is 39.7 Å². The number of rotatable bonds is 6. The lowest BCUT2D eigenvalue weighted by Gasteiger charge is -2.16. The van der Waals surface area contributed by atoms with Crippen LogP contribution in [0, 0.1) is 13.8 Å². The molecule has 1 aromatic carbocycles. The van der Waals surface area contributed by atoms with Crippen LogP contribution in [0.3, 0.4) is 0 Å². The zero-order valence-electron chi connectivity index (χ0n) is 16.4. The van der Waals surface area contributed by atoms with Crippen LogP contribution < -0.4 is 4.80 Å². The van der Waals surface area contributed by atoms with Gasteiger partial charge in [0.2, 0.25) is 5.91 Å². The van der Waals surface area contributed by atoms with E-state index in [0.29, 0.717) is 6.42 Å². The van der Waals surface area contributed by atoms with E-state index in [-0.39, 0.29) is 5.91 Å². The highest BCUT2D eigenvalue weighted by molar-refractivity contribution is 7.07. The molecule has 1 aliphatic heterocycles. The predicted octanol–water partition coefficient (Wildman–Crippen LogP) is 4.67. The largest absolute Gasteiger partial charge is 0.463 e. The standard InChI is InChI=1S/C22H25N3O2S/c1-16-7-3-8-17(2)21(16)23-22-25(13-6-12-24-11-4-10-20(24)26)18(15-28-22)19-9-5-14-27-19/h3,5,7-9,14-15H,4,6,10-13H2,1-2H3. The van der Waals surface area contributed by atoms with E-state index in [1.807, 2.05) is 17.0 Å². The summed E-state index contributed by atoms with van der Waals surface area (Å²) >= 11 is 1.63. The van der Waals surface area contributed by atoms with Gasteiger partial charge in [0, 0.05) is 31.4 Å². The van der Waals surface area contributed by atoms with Gasteiger partial charge in [-0.1, -0.05) is 18.2 Å². The predicted molar refractivity (Wildman–Crippen MR) is 112 cm³/mol. The first kappa shape index (κ1) is 18.7. The van der Waals surface area contributed by atoms with Crippen molar-refractivity contribution < 1.29 is 9.21 Å². The number of thiazole rings is 1. The third-order valence-corrected chi connectivity index (χ3v) is 6.06. The summed E-state index contributed by atoms with van der Waals surface area (Å²) in [6.07, 6.45) is 4.27. The summed E-state index contributed by atoms with van der Waals surface area (Å²) in [6.45, 7) is 6.67. The summed E-state index contributed by atoms with van der Waals surface area (Å²) in [7, 11) is 0. The van der Waals surface area contributed by atoms with E-state index in [0.717, 1.165) is 54.4 Å². The lowest BCUT2D eigenvalue weighted by molar-refractivity contribution is -0.127. The Balaban J connectivity index is 1.67. The summed E-state index contributed by atoms with van der Waals surface area (Å²) in [5.41, 5.74) is 4.40. The third kappa shape index (κ3) is 3.83. The molecule has 1 fully saturated rings. The smallest absolute Gasteiger partial charge is 0.222 e. The number of likely N-dealkylation sites (tertiary alicyclic amines) is 1. The van der Waals surface area contributed by atoms with Gasteiger partial charge in [0.15, 0.2) is 10.6 Å². The second-order valence-electron chi connectivity index (χ2n) is 7.22. The van der Waals surface area contributed by atoms with Crippen LogP contribution in [0.15, 0.2) is 51.4 Å². The van der Waals surface area contributed by atoms with Crippen molar-refractivity contribution in [1.29, 1.82) is 0 Å². The Hall–Kier alpha value is -2.60. The molecule has 1 amide bonds. The summed E-state index contributed by atoms with van der Waals surface area (Å²) < 4.78 is 7.87. The van der Waals surface area contributed by atoms with Gasteiger partial charge in [-0.2, -0.15) is 0 Å². The molecule has 0 radical (unpaired) electrons. The third-order valence-electron chi connectivity index (χ3n) is 5.20. The maximum absolute atomic E-state index is 11.9. The van der Waals surface area contributed by atoms with E-state index in [1.165, 1.54) is 11.1 Å². The highest BCUT2D eigenvalue weighted by Crippen LogP contribution is 2.25. The highest BCUT2D eigenvalue weighted by Gasteiger charge is 2.19. The Morgan fingerprint density at radius 3 is 2.64 bits per heavy atom. The van der Waals surface area contributed by atoms with Crippen molar-refractivity contribution in [1.82, 2.24) is 9.47 Å². The number of amides is 1.